The van der Waals surface area contributed by atoms with Gasteiger partial charge in [0, 0.05) is 16.6 Å². The first-order valence-electron chi connectivity index (χ1n) is 7.80. The number of rotatable bonds is 7. The van der Waals surface area contributed by atoms with Crippen LogP contribution < -0.4 is 10.1 Å². The Labute approximate surface area is 145 Å². The number of hydrogen-bond donors (Lipinski definition) is 2. The van der Waals surface area contributed by atoms with Gasteiger partial charge in [-0.15, -0.1) is 11.3 Å². The van der Waals surface area contributed by atoms with Crippen molar-refractivity contribution in [3.05, 3.63) is 75.7 Å². The second-order valence-electron chi connectivity index (χ2n) is 5.50. The summed E-state index contributed by atoms with van der Waals surface area (Å²) in [5, 5.41) is 15.6. The van der Waals surface area contributed by atoms with Gasteiger partial charge in [-0.2, -0.15) is 0 Å². The summed E-state index contributed by atoms with van der Waals surface area (Å²) in [5.41, 5.74) is 4.00. The molecule has 0 aliphatic carbocycles. The second-order valence-corrected chi connectivity index (χ2v) is 6.45. The van der Waals surface area contributed by atoms with Crippen LogP contribution in [-0.4, -0.2) is 10.1 Å². The van der Waals surface area contributed by atoms with Gasteiger partial charge in [-0.1, -0.05) is 35.9 Å². The van der Waals surface area contributed by atoms with Gasteiger partial charge in [0.25, 0.3) is 0 Å². The molecule has 124 valence electrons. The molecule has 1 aromatic heterocycles. The van der Waals surface area contributed by atoms with Crippen LogP contribution in [0, 0.1) is 6.92 Å². The molecule has 0 spiro atoms. The van der Waals surface area contributed by atoms with Crippen molar-refractivity contribution in [1.29, 1.82) is 0 Å². The number of hydrogen-bond acceptors (Lipinski definition) is 5. The average Bonchev–Trinajstić information content (AvgIpc) is 3.07. The van der Waals surface area contributed by atoms with E-state index in [1.54, 1.807) is 11.3 Å². The highest BCUT2D eigenvalue weighted by Crippen LogP contribution is 2.18. The van der Waals surface area contributed by atoms with Crippen molar-refractivity contribution in [3.63, 3.8) is 0 Å². The summed E-state index contributed by atoms with van der Waals surface area (Å²) in [6.45, 7) is 3.17. The number of ether oxygens (including phenoxy) is 1. The fraction of sp³-hybridized carbons (Fsp3) is 0.211. The molecule has 4 nitrogen and oxygen atoms in total. The van der Waals surface area contributed by atoms with Gasteiger partial charge in [0.05, 0.1) is 18.8 Å². The molecule has 0 fully saturated rings. The molecular weight excluding hydrogens is 320 g/mol. The molecule has 2 N–H and O–H groups in total. The van der Waals surface area contributed by atoms with Gasteiger partial charge in [-0.05, 0) is 25.1 Å². The van der Waals surface area contributed by atoms with Crippen LogP contribution in [0.5, 0.6) is 5.75 Å². The van der Waals surface area contributed by atoms with E-state index < -0.39 is 0 Å². The number of aromatic nitrogens is 1. The quantitative estimate of drug-likeness (QED) is 0.679. The van der Waals surface area contributed by atoms with Gasteiger partial charge in [0.2, 0.25) is 0 Å². The number of aliphatic hydroxyl groups is 1. The van der Waals surface area contributed by atoms with E-state index in [1.807, 2.05) is 53.9 Å². The molecule has 0 amide bonds. The van der Waals surface area contributed by atoms with Crippen molar-refractivity contribution < 1.29 is 9.84 Å². The Balaban J connectivity index is 1.54. The zero-order chi connectivity index (χ0) is 16.8. The van der Waals surface area contributed by atoms with Crippen molar-refractivity contribution in [2.45, 2.75) is 26.7 Å². The molecule has 0 aliphatic heterocycles. The summed E-state index contributed by atoms with van der Waals surface area (Å²) in [6.07, 6.45) is 0. The Bertz CT molecular complexity index is 784. The second kappa shape index (κ2) is 7.95. The molecule has 5 heteroatoms. The van der Waals surface area contributed by atoms with E-state index in [0.717, 1.165) is 27.7 Å². The molecular formula is C19H20N2O2S. The monoisotopic (exact) mass is 340 g/mol. The van der Waals surface area contributed by atoms with Crippen LogP contribution in [0.25, 0.3) is 0 Å². The lowest BCUT2D eigenvalue weighted by Gasteiger charge is -2.08. The van der Waals surface area contributed by atoms with Crippen LogP contribution in [0.15, 0.2) is 53.9 Å². The fourth-order valence-electron chi connectivity index (χ4n) is 2.29. The number of nitrogens with one attached hydrogen (secondary N) is 1. The first-order valence-corrected chi connectivity index (χ1v) is 8.68. The van der Waals surface area contributed by atoms with E-state index >= 15 is 0 Å². The lowest BCUT2D eigenvalue weighted by atomic mass is 10.2. The largest absolute Gasteiger partial charge is 0.486 e. The van der Waals surface area contributed by atoms with E-state index in [1.165, 1.54) is 5.56 Å². The minimum atomic E-state index is 0.0237. The molecule has 2 aromatic carbocycles. The van der Waals surface area contributed by atoms with Crippen LogP contribution in [0.2, 0.25) is 0 Å². The number of nitrogens with zero attached hydrogens (tertiary/aromatic N) is 1. The predicted octanol–water partition coefficient (Wildman–Crippen LogP) is 4.13. The first kappa shape index (κ1) is 16.5. The van der Waals surface area contributed by atoms with Crippen molar-refractivity contribution >= 4 is 17.0 Å². The van der Waals surface area contributed by atoms with Gasteiger partial charge in [-0.3, -0.25) is 0 Å². The zero-order valence-electron chi connectivity index (χ0n) is 13.5. The normalized spacial score (nSPS) is 10.6. The van der Waals surface area contributed by atoms with Gasteiger partial charge in [0.1, 0.15) is 17.4 Å². The Morgan fingerprint density at radius 1 is 1.12 bits per heavy atom. The Morgan fingerprint density at radius 3 is 2.71 bits per heavy atom. The number of aliphatic hydroxyl groups excluding tert-OH is 1. The molecule has 3 rings (SSSR count). The van der Waals surface area contributed by atoms with Crippen LogP contribution >= 0.6 is 11.3 Å². The van der Waals surface area contributed by atoms with Crippen LogP contribution in [0.4, 0.5) is 5.69 Å². The molecule has 0 unspecified atom stereocenters. The summed E-state index contributed by atoms with van der Waals surface area (Å²) in [4.78, 5) is 4.58. The maximum absolute atomic E-state index is 9.34. The van der Waals surface area contributed by atoms with E-state index in [4.69, 9.17) is 4.74 Å². The predicted molar refractivity (Wildman–Crippen MR) is 97.3 cm³/mol. The fourth-order valence-corrected chi connectivity index (χ4v) is 3.00. The summed E-state index contributed by atoms with van der Waals surface area (Å²) in [5.74, 6) is 0.854. The van der Waals surface area contributed by atoms with Gasteiger partial charge in [-0.25, -0.2) is 4.98 Å². The van der Waals surface area contributed by atoms with Crippen molar-refractivity contribution in [1.82, 2.24) is 4.98 Å². The van der Waals surface area contributed by atoms with E-state index in [9.17, 15) is 5.11 Å². The summed E-state index contributed by atoms with van der Waals surface area (Å²) >= 11 is 1.59. The molecule has 0 bridgehead atoms. The third kappa shape index (κ3) is 4.34. The first-order chi connectivity index (χ1) is 11.7. The standard InChI is InChI=1S/C19H20N2O2S/c1-14-6-8-17(9-7-14)23-12-19-21-16(13-24-19)10-20-18-5-3-2-4-15(18)11-22/h2-9,13,20,22H,10-12H2,1H3. The highest BCUT2D eigenvalue weighted by molar-refractivity contribution is 7.09. The number of aryl methyl sites for hydroxylation is 1. The highest BCUT2D eigenvalue weighted by Gasteiger charge is 2.05. The maximum atomic E-state index is 9.34. The molecule has 24 heavy (non-hydrogen) atoms. The number of benzene rings is 2. The number of thiazole rings is 1. The zero-order valence-corrected chi connectivity index (χ0v) is 14.3. The lowest BCUT2D eigenvalue weighted by molar-refractivity contribution is 0.282. The molecule has 1 heterocycles. The highest BCUT2D eigenvalue weighted by atomic mass is 32.1. The molecule has 0 aliphatic rings. The Morgan fingerprint density at radius 2 is 1.92 bits per heavy atom. The van der Waals surface area contributed by atoms with Crippen LogP contribution in [0.3, 0.4) is 0 Å². The van der Waals surface area contributed by atoms with Gasteiger partial charge < -0.3 is 15.2 Å². The minimum absolute atomic E-state index is 0.0237. The summed E-state index contributed by atoms with van der Waals surface area (Å²) < 4.78 is 5.75. The third-order valence-electron chi connectivity index (χ3n) is 3.63. The lowest BCUT2D eigenvalue weighted by Crippen LogP contribution is -2.03. The minimum Gasteiger partial charge on any atom is -0.486 e. The van der Waals surface area contributed by atoms with Crippen molar-refractivity contribution in [2.24, 2.45) is 0 Å². The Kier molecular flexibility index (Phi) is 5.46. The van der Waals surface area contributed by atoms with Crippen molar-refractivity contribution in [2.75, 3.05) is 5.32 Å². The maximum Gasteiger partial charge on any atom is 0.140 e. The number of para-hydroxylation sites is 1. The van der Waals surface area contributed by atoms with Crippen LogP contribution in [0.1, 0.15) is 21.8 Å². The molecule has 0 radical (unpaired) electrons. The average molecular weight is 340 g/mol. The summed E-state index contributed by atoms with van der Waals surface area (Å²) in [6, 6.07) is 15.7. The van der Waals surface area contributed by atoms with E-state index in [-0.39, 0.29) is 6.61 Å². The van der Waals surface area contributed by atoms with Gasteiger partial charge >= 0.3 is 0 Å². The SMILES string of the molecule is Cc1ccc(OCc2nc(CNc3ccccc3CO)cs2)cc1. The summed E-state index contributed by atoms with van der Waals surface area (Å²) in [7, 11) is 0. The van der Waals surface area contributed by atoms with E-state index in [2.05, 4.69) is 17.2 Å². The van der Waals surface area contributed by atoms with Crippen LogP contribution in [-0.2, 0) is 19.8 Å². The van der Waals surface area contributed by atoms with Crippen molar-refractivity contribution in [3.8, 4) is 5.75 Å². The topological polar surface area (TPSA) is 54.4 Å². The number of anilines is 1. The molecule has 0 atom stereocenters. The van der Waals surface area contributed by atoms with Gasteiger partial charge in [0.15, 0.2) is 0 Å². The molecule has 0 saturated heterocycles. The molecule has 0 saturated carbocycles. The van der Waals surface area contributed by atoms with E-state index in [0.29, 0.717) is 13.2 Å². The molecule has 3 aromatic rings. The smallest absolute Gasteiger partial charge is 0.140 e. The Hall–Kier alpha value is -2.37. The third-order valence-corrected chi connectivity index (χ3v) is 4.50.